The summed E-state index contributed by atoms with van der Waals surface area (Å²) in [5, 5.41) is 4.48. The molecule has 0 aliphatic heterocycles. The summed E-state index contributed by atoms with van der Waals surface area (Å²) in [7, 11) is 0. The molecule has 0 saturated heterocycles. The summed E-state index contributed by atoms with van der Waals surface area (Å²) in [6.07, 6.45) is 0. The lowest BCUT2D eigenvalue weighted by Gasteiger charge is -2.13. The smallest absolute Gasteiger partial charge is 0.255 e. The Morgan fingerprint density at radius 3 is 2.53 bits per heavy atom. The van der Waals surface area contributed by atoms with Crippen molar-refractivity contribution in [1.29, 1.82) is 0 Å². The van der Waals surface area contributed by atoms with Crippen molar-refractivity contribution < 1.29 is 9.53 Å². The van der Waals surface area contributed by atoms with Crippen molar-refractivity contribution in [3.8, 4) is 16.3 Å². The predicted molar refractivity (Wildman–Crippen MR) is 140 cm³/mol. The lowest BCUT2D eigenvalue weighted by atomic mass is 10.1. The summed E-state index contributed by atoms with van der Waals surface area (Å²) in [5.74, 6) is 0.293. The molecule has 5 aromatic rings. The second-order valence-corrected chi connectivity index (χ2v) is 9.43. The van der Waals surface area contributed by atoms with Crippen molar-refractivity contribution in [3.63, 3.8) is 0 Å². The zero-order valence-electron chi connectivity index (χ0n) is 17.8. The molecule has 168 valence electrons. The van der Waals surface area contributed by atoms with Gasteiger partial charge in [-0.25, -0.2) is 4.98 Å². The van der Waals surface area contributed by atoms with Crippen molar-refractivity contribution >= 4 is 56.3 Å². The third-order valence-electron chi connectivity index (χ3n) is 5.16. The summed E-state index contributed by atoms with van der Waals surface area (Å²) in [6.45, 7) is 0.413. The van der Waals surface area contributed by atoms with E-state index in [4.69, 9.17) is 32.9 Å². The minimum atomic E-state index is -0.309. The van der Waals surface area contributed by atoms with Gasteiger partial charge in [0, 0.05) is 16.1 Å². The van der Waals surface area contributed by atoms with E-state index in [1.807, 2.05) is 60.7 Å². The molecule has 0 atom stereocenters. The highest BCUT2D eigenvalue weighted by atomic mass is 35.5. The first-order chi connectivity index (χ1) is 16.6. The Morgan fingerprint density at radius 2 is 1.71 bits per heavy atom. The molecule has 7 heteroatoms. The molecule has 0 radical (unpaired) electrons. The number of thiazole rings is 1. The monoisotopic (exact) mass is 504 g/mol. The first-order valence-corrected chi connectivity index (χ1v) is 12.1. The Bertz CT molecular complexity index is 1450. The molecule has 0 saturated carbocycles. The number of hydrogen-bond donors (Lipinski definition) is 1. The van der Waals surface area contributed by atoms with Crippen molar-refractivity contribution in [2.45, 2.75) is 6.61 Å². The molecule has 4 aromatic carbocycles. The Hall–Kier alpha value is -3.38. The number of aromatic nitrogens is 1. The number of nitrogens with one attached hydrogen (secondary N) is 1. The van der Waals surface area contributed by atoms with Gasteiger partial charge in [0.1, 0.15) is 17.4 Å². The quantitative estimate of drug-likeness (QED) is 0.254. The summed E-state index contributed by atoms with van der Waals surface area (Å²) in [4.78, 5) is 17.9. The molecule has 0 fully saturated rings. The van der Waals surface area contributed by atoms with Crippen molar-refractivity contribution in [2.75, 3.05) is 5.32 Å². The Kier molecular flexibility index (Phi) is 6.50. The van der Waals surface area contributed by atoms with Gasteiger partial charge in [-0.15, -0.1) is 11.3 Å². The van der Waals surface area contributed by atoms with E-state index >= 15 is 0 Å². The summed E-state index contributed by atoms with van der Waals surface area (Å²) >= 11 is 14.3. The topological polar surface area (TPSA) is 51.2 Å². The number of amides is 1. The standard InChI is InChI=1S/C27H18Cl2N2O2S/c28-19-14-21(27-30-23-11-4-5-12-24(23)34-27)25(22(29)15-19)31-26(32)18-9-6-10-20(13-18)33-16-17-7-2-1-3-8-17/h1-15H,16H2,(H,31,32). The van der Waals surface area contributed by atoms with Crippen LogP contribution >= 0.6 is 34.5 Å². The second-order valence-electron chi connectivity index (χ2n) is 7.55. The number of carbonyl (C=O) groups excluding carboxylic acids is 1. The third kappa shape index (κ3) is 4.92. The third-order valence-corrected chi connectivity index (χ3v) is 6.75. The van der Waals surface area contributed by atoms with Gasteiger partial charge in [0.05, 0.1) is 20.9 Å². The molecular formula is C27H18Cl2N2O2S. The van der Waals surface area contributed by atoms with Crippen LogP contribution in [-0.4, -0.2) is 10.9 Å². The highest BCUT2D eigenvalue weighted by molar-refractivity contribution is 7.21. The lowest BCUT2D eigenvalue weighted by molar-refractivity contribution is 0.102. The van der Waals surface area contributed by atoms with Crippen molar-refractivity contribution in [2.24, 2.45) is 0 Å². The van der Waals surface area contributed by atoms with Crippen molar-refractivity contribution in [1.82, 2.24) is 4.98 Å². The SMILES string of the molecule is O=C(Nc1c(Cl)cc(Cl)cc1-c1nc2ccccc2s1)c1cccc(OCc2ccccc2)c1. The van der Waals surface area contributed by atoms with Crippen LogP contribution in [0.25, 0.3) is 20.8 Å². The molecular weight excluding hydrogens is 487 g/mol. The number of rotatable bonds is 6. The highest BCUT2D eigenvalue weighted by Crippen LogP contribution is 2.40. The molecule has 0 aliphatic rings. The lowest BCUT2D eigenvalue weighted by Crippen LogP contribution is -2.13. The van der Waals surface area contributed by atoms with Gasteiger partial charge in [0.15, 0.2) is 0 Å². The highest BCUT2D eigenvalue weighted by Gasteiger charge is 2.18. The molecule has 0 aliphatic carbocycles. The maximum absolute atomic E-state index is 13.2. The van der Waals surface area contributed by atoms with Crippen LogP contribution in [0.1, 0.15) is 15.9 Å². The zero-order chi connectivity index (χ0) is 23.5. The van der Waals surface area contributed by atoms with E-state index in [0.29, 0.717) is 39.2 Å². The van der Waals surface area contributed by atoms with Crippen LogP contribution in [0.2, 0.25) is 10.0 Å². The number of benzene rings is 4. The van der Waals surface area contributed by atoms with Crippen LogP contribution in [0.15, 0.2) is 91.0 Å². The number of fused-ring (bicyclic) bond motifs is 1. The average molecular weight is 505 g/mol. The number of anilines is 1. The molecule has 1 amide bonds. The van der Waals surface area contributed by atoms with Gasteiger partial charge in [0.2, 0.25) is 0 Å². The first-order valence-electron chi connectivity index (χ1n) is 10.5. The number of carbonyl (C=O) groups is 1. The minimum Gasteiger partial charge on any atom is -0.489 e. The maximum Gasteiger partial charge on any atom is 0.255 e. The fraction of sp³-hybridized carbons (Fsp3) is 0.0370. The fourth-order valence-corrected chi connectivity index (χ4v) is 5.04. The van der Waals surface area contributed by atoms with E-state index in [1.54, 1.807) is 30.3 Å². The minimum absolute atomic E-state index is 0.309. The summed E-state index contributed by atoms with van der Waals surface area (Å²) < 4.78 is 6.90. The van der Waals surface area contributed by atoms with Gasteiger partial charge in [-0.05, 0) is 48.0 Å². The number of hydrogen-bond acceptors (Lipinski definition) is 4. The van der Waals surface area contributed by atoms with Gasteiger partial charge in [0.25, 0.3) is 5.91 Å². The van der Waals surface area contributed by atoms with Gasteiger partial charge in [-0.3, -0.25) is 4.79 Å². The second kappa shape index (κ2) is 9.85. The van der Waals surface area contributed by atoms with Gasteiger partial charge in [-0.2, -0.15) is 0 Å². The molecule has 1 heterocycles. The molecule has 1 aromatic heterocycles. The van der Waals surface area contributed by atoms with Gasteiger partial charge >= 0.3 is 0 Å². The Morgan fingerprint density at radius 1 is 0.912 bits per heavy atom. The number of para-hydroxylation sites is 1. The summed E-state index contributed by atoms with van der Waals surface area (Å²) in [5.41, 5.74) is 3.51. The molecule has 0 bridgehead atoms. The Labute approximate surface area is 210 Å². The molecule has 1 N–H and O–H groups in total. The molecule has 0 unspecified atom stereocenters. The van der Waals surface area contributed by atoms with E-state index in [-0.39, 0.29) is 5.91 Å². The normalized spacial score (nSPS) is 10.9. The fourth-order valence-electron chi connectivity index (χ4n) is 3.51. The zero-order valence-corrected chi connectivity index (χ0v) is 20.1. The predicted octanol–water partition coefficient (Wildman–Crippen LogP) is 8.10. The largest absolute Gasteiger partial charge is 0.489 e. The average Bonchev–Trinajstić information content (AvgIpc) is 3.29. The van der Waals surface area contributed by atoms with Crippen LogP contribution < -0.4 is 10.1 Å². The number of nitrogens with zero attached hydrogens (tertiary/aromatic N) is 1. The first kappa shape index (κ1) is 22.4. The Balaban J connectivity index is 1.42. The molecule has 0 spiro atoms. The van der Waals surface area contributed by atoms with E-state index in [2.05, 4.69) is 5.32 Å². The van der Waals surface area contributed by atoms with E-state index in [0.717, 1.165) is 20.8 Å². The number of ether oxygens (including phenoxy) is 1. The van der Waals surface area contributed by atoms with Gasteiger partial charge in [-0.1, -0.05) is 71.7 Å². The summed E-state index contributed by atoms with van der Waals surface area (Å²) in [6, 6.07) is 28.1. The van der Waals surface area contributed by atoms with Crippen LogP contribution in [0, 0.1) is 0 Å². The van der Waals surface area contributed by atoms with Crippen LogP contribution in [-0.2, 0) is 6.61 Å². The van der Waals surface area contributed by atoms with E-state index < -0.39 is 0 Å². The molecule has 5 rings (SSSR count). The molecule has 34 heavy (non-hydrogen) atoms. The van der Waals surface area contributed by atoms with E-state index in [1.165, 1.54) is 11.3 Å². The maximum atomic E-state index is 13.2. The van der Waals surface area contributed by atoms with Crippen LogP contribution in [0.3, 0.4) is 0 Å². The van der Waals surface area contributed by atoms with Gasteiger partial charge < -0.3 is 10.1 Å². The number of halogens is 2. The van der Waals surface area contributed by atoms with Crippen LogP contribution in [0.4, 0.5) is 5.69 Å². The molecule has 4 nitrogen and oxygen atoms in total. The van der Waals surface area contributed by atoms with E-state index in [9.17, 15) is 4.79 Å². The van der Waals surface area contributed by atoms with Crippen LogP contribution in [0.5, 0.6) is 5.75 Å². The van der Waals surface area contributed by atoms with Crippen molar-refractivity contribution in [3.05, 3.63) is 112 Å².